The number of nitrogens with zero attached hydrogens (tertiary/aromatic N) is 2. The first kappa shape index (κ1) is 12.8. The Morgan fingerprint density at radius 3 is 2.84 bits per heavy atom. The van der Waals surface area contributed by atoms with Crippen LogP contribution in [0.1, 0.15) is 12.5 Å². The van der Waals surface area contributed by atoms with Gasteiger partial charge in [-0.1, -0.05) is 6.07 Å². The van der Waals surface area contributed by atoms with Crippen LogP contribution in [0.4, 0.5) is 0 Å². The zero-order valence-electron chi connectivity index (χ0n) is 10.6. The SMILES string of the molecule is CCn1c(-c2csc(Br)c2)nc2cc(CN)ccc21. The van der Waals surface area contributed by atoms with Gasteiger partial charge in [0.2, 0.25) is 0 Å². The Hall–Kier alpha value is -1.17. The predicted octanol–water partition coefficient (Wildman–Crippen LogP) is 4.01. The summed E-state index contributed by atoms with van der Waals surface area (Å²) in [5.41, 5.74) is 10.1. The maximum atomic E-state index is 5.69. The van der Waals surface area contributed by atoms with Crippen molar-refractivity contribution in [2.24, 2.45) is 5.73 Å². The van der Waals surface area contributed by atoms with Crippen molar-refractivity contribution in [1.82, 2.24) is 9.55 Å². The van der Waals surface area contributed by atoms with Crippen LogP contribution in [0.25, 0.3) is 22.4 Å². The first-order chi connectivity index (χ1) is 9.22. The van der Waals surface area contributed by atoms with Crippen molar-refractivity contribution in [3.63, 3.8) is 0 Å². The zero-order chi connectivity index (χ0) is 13.4. The molecule has 3 nitrogen and oxygen atoms in total. The number of aryl methyl sites for hydroxylation is 1. The molecule has 2 N–H and O–H groups in total. The number of benzene rings is 1. The van der Waals surface area contributed by atoms with E-state index < -0.39 is 0 Å². The average molecular weight is 336 g/mol. The molecule has 0 radical (unpaired) electrons. The summed E-state index contributed by atoms with van der Waals surface area (Å²) in [5, 5.41) is 2.13. The molecule has 0 saturated heterocycles. The second-order valence-electron chi connectivity index (χ2n) is 4.35. The van der Waals surface area contributed by atoms with Crippen LogP contribution in [0.2, 0.25) is 0 Å². The lowest BCUT2D eigenvalue weighted by Crippen LogP contribution is -1.97. The molecule has 19 heavy (non-hydrogen) atoms. The van der Waals surface area contributed by atoms with Crippen molar-refractivity contribution < 1.29 is 0 Å². The molecule has 0 saturated carbocycles. The minimum atomic E-state index is 0.550. The van der Waals surface area contributed by atoms with Crippen molar-refractivity contribution in [2.45, 2.75) is 20.0 Å². The lowest BCUT2D eigenvalue weighted by molar-refractivity contribution is 0.796. The van der Waals surface area contributed by atoms with Gasteiger partial charge in [0.25, 0.3) is 0 Å². The summed E-state index contributed by atoms with van der Waals surface area (Å²) in [6.45, 7) is 3.60. The van der Waals surface area contributed by atoms with Crippen LogP contribution in [0.5, 0.6) is 0 Å². The van der Waals surface area contributed by atoms with Gasteiger partial charge in [-0.3, -0.25) is 0 Å². The highest BCUT2D eigenvalue weighted by Crippen LogP contribution is 2.31. The van der Waals surface area contributed by atoms with Gasteiger partial charge in [0.05, 0.1) is 14.8 Å². The fourth-order valence-electron chi connectivity index (χ4n) is 2.27. The average Bonchev–Trinajstić information content (AvgIpc) is 3.00. The first-order valence-electron chi connectivity index (χ1n) is 6.16. The van der Waals surface area contributed by atoms with Crippen molar-refractivity contribution in [2.75, 3.05) is 0 Å². The standard InChI is InChI=1S/C14H14BrN3S/c1-2-18-12-4-3-9(7-16)5-11(12)17-14(18)10-6-13(15)19-8-10/h3-6,8H,2,7,16H2,1H3. The molecule has 0 amide bonds. The van der Waals surface area contributed by atoms with E-state index in [9.17, 15) is 0 Å². The van der Waals surface area contributed by atoms with Crippen LogP contribution < -0.4 is 5.73 Å². The molecule has 0 atom stereocenters. The van der Waals surface area contributed by atoms with E-state index in [4.69, 9.17) is 10.7 Å². The summed E-state index contributed by atoms with van der Waals surface area (Å²) in [6.07, 6.45) is 0. The Morgan fingerprint density at radius 2 is 2.21 bits per heavy atom. The minimum absolute atomic E-state index is 0.550. The number of halogens is 1. The number of rotatable bonds is 3. The molecule has 0 aliphatic carbocycles. The Balaban J connectivity index is 2.24. The number of imidazole rings is 1. The summed E-state index contributed by atoms with van der Waals surface area (Å²) in [7, 11) is 0. The van der Waals surface area contributed by atoms with Crippen LogP contribution in [0, 0.1) is 0 Å². The van der Waals surface area contributed by atoms with Gasteiger partial charge < -0.3 is 10.3 Å². The molecule has 0 bridgehead atoms. The van der Waals surface area contributed by atoms with Gasteiger partial charge in [-0.15, -0.1) is 11.3 Å². The van der Waals surface area contributed by atoms with Crippen LogP contribution in [-0.2, 0) is 13.1 Å². The monoisotopic (exact) mass is 335 g/mol. The van der Waals surface area contributed by atoms with Crippen molar-refractivity contribution >= 4 is 38.3 Å². The Labute approximate surface area is 124 Å². The third kappa shape index (κ3) is 2.22. The highest BCUT2D eigenvalue weighted by Gasteiger charge is 2.12. The van der Waals surface area contributed by atoms with Gasteiger partial charge in [-0.2, -0.15) is 0 Å². The van der Waals surface area contributed by atoms with Crippen molar-refractivity contribution in [3.8, 4) is 11.4 Å². The maximum Gasteiger partial charge on any atom is 0.141 e. The molecule has 0 fully saturated rings. The summed E-state index contributed by atoms with van der Waals surface area (Å²) in [5.74, 6) is 1.02. The van der Waals surface area contributed by atoms with Gasteiger partial charge in [-0.05, 0) is 46.6 Å². The molecular weight excluding hydrogens is 322 g/mol. The normalized spacial score (nSPS) is 11.3. The third-order valence-corrected chi connectivity index (χ3v) is 4.69. The number of thiophene rings is 1. The lowest BCUT2D eigenvalue weighted by atomic mass is 10.2. The summed E-state index contributed by atoms with van der Waals surface area (Å²) in [6, 6.07) is 8.37. The van der Waals surface area contributed by atoms with E-state index in [2.05, 4.69) is 57.1 Å². The Morgan fingerprint density at radius 1 is 1.37 bits per heavy atom. The van der Waals surface area contributed by atoms with Crippen molar-refractivity contribution in [1.29, 1.82) is 0 Å². The number of hydrogen-bond donors (Lipinski definition) is 1. The highest BCUT2D eigenvalue weighted by molar-refractivity contribution is 9.11. The van der Waals surface area contributed by atoms with Crippen LogP contribution in [0.15, 0.2) is 33.4 Å². The van der Waals surface area contributed by atoms with Crippen LogP contribution in [0.3, 0.4) is 0 Å². The maximum absolute atomic E-state index is 5.69. The largest absolute Gasteiger partial charge is 0.326 e. The number of fused-ring (bicyclic) bond motifs is 1. The highest BCUT2D eigenvalue weighted by atomic mass is 79.9. The fourth-order valence-corrected chi connectivity index (χ4v) is 3.41. The summed E-state index contributed by atoms with van der Waals surface area (Å²) in [4.78, 5) is 4.77. The molecule has 2 heterocycles. The first-order valence-corrected chi connectivity index (χ1v) is 7.84. The molecule has 0 unspecified atom stereocenters. The third-order valence-electron chi connectivity index (χ3n) is 3.19. The quantitative estimate of drug-likeness (QED) is 0.785. The fraction of sp³-hybridized carbons (Fsp3) is 0.214. The Bertz CT molecular complexity index is 729. The minimum Gasteiger partial charge on any atom is -0.326 e. The molecule has 1 aromatic carbocycles. The zero-order valence-corrected chi connectivity index (χ0v) is 13.0. The van der Waals surface area contributed by atoms with Gasteiger partial charge in [0.1, 0.15) is 5.82 Å². The van der Waals surface area contributed by atoms with Gasteiger partial charge in [-0.25, -0.2) is 4.98 Å². The van der Waals surface area contributed by atoms with E-state index in [-0.39, 0.29) is 0 Å². The number of hydrogen-bond acceptors (Lipinski definition) is 3. The molecule has 0 aliphatic rings. The van der Waals surface area contributed by atoms with E-state index in [1.807, 2.05) is 0 Å². The smallest absolute Gasteiger partial charge is 0.141 e. The van der Waals surface area contributed by atoms with E-state index in [0.717, 1.165) is 38.3 Å². The second-order valence-corrected chi connectivity index (χ2v) is 6.64. The molecule has 98 valence electrons. The Kier molecular flexibility index (Phi) is 3.43. The second kappa shape index (κ2) is 5.07. The predicted molar refractivity (Wildman–Crippen MR) is 84.3 cm³/mol. The van der Waals surface area contributed by atoms with Crippen LogP contribution in [-0.4, -0.2) is 9.55 Å². The molecule has 5 heteroatoms. The number of aromatic nitrogens is 2. The molecule has 0 aliphatic heterocycles. The van der Waals surface area contributed by atoms with E-state index in [0.29, 0.717) is 6.54 Å². The van der Waals surface area contributed by atoms with Gasteiger partial charge in [0, 0.05) is 24.0 Å². The van der Waals surface area contributed by atoms with E-state index in [1.54, 1.807) is 11.3 Å². The van der Waals surface area contributed by atoms with Crippen LogP contribution >= 0.6 is 27.3 Å². The van der Waals surface area contributed by atoms with Gasteiger partial charge >= 0.3 is 0 Å². The summed E-state index contributed by atoms with van der Waals surface area (Å²) < 4.78 is 3.37. The topological polar surface area (TPSA) is 43.8 Å². The molecular formula is C14H14BrN3S. The van der Waals surface area contributed by atoms with E-state index in [1.165, 1.54) is 0 Å². The van der Waals surface area contributed by atoms with Crippen molar-refractivity contribution in [3.05, 3.63) is 39.0 Å². The van der Waals surface area contributed by atoms with Gasteiger partial charge in [0.15, 0.2) is 0 Å². The number of nitrogens with two attached hydrogens (primary N) is 1. The lowest BCUT2D eigenvalue weighted by Gasteiger charge is -2.04. The molecule has 3 aromatic rings. The van der Waals surface area contributed by atoms with E-state index >= 15 is 0 Å². The molecule has 2 aromatic heterocycles. The molecule has 3 rings (SSSR count). The molecule has 0 spiro atoms. The summed E-state index contributed by atoms with van der Waals surface area (Å²) >= 11 is 5.19.